The molecule has 3 heterocycles. The van der Waals surface area contributed by atoms with Gasteiger partial charge < -0.3 is 9.72 Å². The topological polar surface area (TPSA) is 98.6 Å². The predicted octanol–water partition coefficient (Wildman–Crippen LogP) is 2.03. The van der Waals surface area contributed by atoms with Gasteiger partial charge in [0.25, 0.3) is 5.56 Å². The highest BCUT2D eigenvalue weighted by Crippen LogP contribution is 2.21. The quantitative estimate of drug-likeness (QED) is 0.678. The van der Waals surface area contributed by atoms with Crippen molar-refractivity contribution >= 4 is 34.3 Å². The summed E-state index contributed by atoms with van der Waals surface area (Å²) in [5.74, 6) is 1.00. The summed E-state index contributed by atoms with van der Waals surface area (Å²) in [6, 6.07) is 5.03. The molecule has 0 bridgehead atoms. The fourth-order valence-corrected chi connectivity index (χ4v) is 3.68. The molecule has 1 atom stereocenters. The van der Waals surface area contributed by atoms with Crippen molar-refractivity contribution in [2.75, 3.05) is 6.61 Å². The zero-order chi connectivity index (χ0) is 17.2. The number of hydrogen-bond acceptors (Lipinski definition) is 7. The van der Waals surface area contributed by atoms with Crippen LogP contribution in [0.25, 0.3) is 10.9 Å². The van der Waals surface area contributed by atoms with Crippen molar-refractivity contribution in [3.05, 3.63) is 39.4 Å². The molecule has 3 aromatic rings. The fourth-order valence-electron chi connectivity index (χ4n) is 2.76. The highest BCUT2D eigenvalue weighted by atomic mass is 35.5. The number of aromatic amines is 1. The normalized spacial score (nSPS) is 17.4. The van der Waals surface area contributed by atoms with Crippen LogP contribution in [-0.2, 0) is 17.0 Å². The van der Waals surface area contributed by atoms with Gasteiger partial charge in [-0.1, -0.05) is 23.4 Å². The third kappa shape index (κ3) is 3.68. The lowest BCUT2D eigenvalue weighted by molar-refractivity contribution is 0.0912. The number of fused-ring (bicyclic) bond motifs is 1. The van der Waals surface area contributed by atoms with E-state index in [0.717, 1.165) is 19.4 Å². The molecule has 0 aliphatic carbocycles. The largest absolute Gasteiger partial charge is 0.376 e. The number of nitrogens with zero attached hydrogens (tertiary/aromatic N) is 5. The molecule has 1 aliphatic rings. The van der Waals surface area contributed by atoms with Crippen LogP contribution in [0.15, 0.2) is 28.2 Å². The first-order valence-electron chi connectivity index (χ1n) is 7.88. The summed E-state index contributed by atoms with van der Waals surface area (Å²) in [7, 11) is 0. The van der Waals surface area contributed by atoms with Crippen LogP contribution in [0.5, 0.6) is 0 Å². The number of tetrazole rings is 1. The second kappa shape index (κ2) is 7.11. The van der Waals surface area contributed by atoms with Crippen LogP contribution in [0.2, 0.25) is 5.02 Å². The summed E-state index contributed by atoms with van der Waals surface area (Å²) in [5.41, 5.74) is 0.391. The minimum absolute atomic E-state index is 0.156. The van der Waals surface area contributed by atoms with Crippen molar-refractivity contribution in [2.24, 2.45) is 0 Å². The molecule has 0 radical (unpaired) electrons. The minimum atomic E-state index is -0.184. The van der Waals surface area contributed by atoms with Crippen molar-refractivity contribution in [3.8, 4) is 0 Å². The maximum Gasteiger partial charge on any atom is 0.258 e. The van der Waals surface area contributed by atoms with E-state index in [4.69, 9.17) is 16.3 Å². The lowest BCUT2D eigenvalue weighted by atomic mass is 10.2. The highest BCUT2D eigenvalue weighted by Gasteiger charge is 2.19. The van der Waals surface area contributed by atoms with Gasteiger partial charge in [0, 0.05) is 11.6 Å². The van der Waals surface area contributed by atoms with Gasteiger partial charge in [-0.25, -0.2) is 9.67 Å². The molecule has 10 heteroatoms. The van der Waals surface area contributed by atoms with Crippen LogP contribution in [0.3, 0.4) is 0 Å². The molecule has 0 spiro atoms. The van der Waals surface area contributed by atoms with E-state index in [2.05, 4.69) is 25.5 Å². The SMILES string of the molecule is O=c1[nH]c(CSc2nnnn2CC2CCCO2)nc2cc(Cl)ccc12. The van der Waals surface area contributed by atoms with E-state index in [1.165, 1.54) is 11.8 Å². The molecule has 1 fully saturated rings. The van der Waals surface area contributed by atoms with Crippen LogP contribution in [0.4, 0.5) is 0 Å². The van der Waals surface area contributed by atoms with Gasteiger partial charge in [0.15, 0.2) is 0 Å². The van der Waals surface area contributed by atoms with Gasteiger partial charge in [0.2, 0.25) is 5.16 Å². The Labute approximate surface area is 151 Å². The highest BCUT2D eigenvalue weighted by molar-refractivity contribution is 7.98. The van der Waals surface area contributed by atoms with Crippen molar-refractivity contribution in [2.45, 2.75) is 36.4 Å². The second-order valence-electron chi connectivity index (χ2n) is 5.74. The molecule has 2 aromatic heterocycles. The fraction of sp³-hybridized carbons (Fsp3) is 0.400. The average molecular weight is 379 g/mol. The lowest BCUT2D eigenvalue weighted by Crippen LogP contribution is -2.17. The molecule has 1 unspecified atom stereocenters. The molecule has 130 valence electrons. The average Bonchev–Trinajstić information content (AvgIpc) is 3.25. The first-order chi connectivity index (χ1) is 12.2. The summed E-state index contributed by atoms with van der Waals surface area (Å²) in [6.45, 7) is 1.42. The number of rotatable bonds is 5. The number of ether oxygens (including phenoxy) is 1. The summed E-state index contributed by atoms with van der Waals surface area (Å²) in [4.78, 5) is 19.4. The molecular formula is C15H15ClN6O2S. The number of nitrogens with one attached hydrogen (secondary N) is 1. The Bertz CT molecular complexity index is 953. The van der Waals surface area contributed by atoms with Crippen molar-refractivity contribution in [1.82, 2.24) is 30.2 Å². The van der Waals surface area contributed by atoms with Gasteiger partial charge in [-0.05, 0) is 41.5 Å². The van der Waals surface area contributed by atoms with Gasteiger partial charge in [0.1, 0.15) is 5.82 Å². The van der Waals surface area contributed by atoms with Gasteiger partial charge >= 0.3 is 0 Å². The molecule has 0 saturated carbocycles. The Morgan fingerprint density at radius 1 is 1.44 bits per heavy atom. The van der Waals surface area contributed by atoms with Crippen LogP contribution >= 0.6 is 23.4 Å². The zero-order valence-corrected chi connectivity index (χ0v) is 14.8. The van der Waals surface area contributed by atoms with Gasteiger partial charge in [-0.15, -0.1) is 5.10 Å². The summed E-state index contributed by atoms with van der Waals surface area (Å²) >= 11 is 7.40. The molecular weight excluding hydrogens is 364 g/mol. The molecule has 8 nitrogen and oxygen atoms in total. The summed E-state index contributed by atoms with van der Waals surface area (Å²) in [5, 5.41) is 13.5. The van der Waals surface area contributed by atoms with E-state index >= 15 is 0 Å². The number of benzene rings is 1. The van der Waals surface area contributed by atoms with E-state index in [-0.39, 0.29) is 11.7 Å². The van der Waals surface area contributed by atoms with Crippen molar-refractivity contribution < 1.29 is 4.74 Å². The van der Waals surface area contributed by atoms with E-state index in [1.54, 1.807) is 22.9 Å². The van der Waals surface area contributed by atoms with Gasteiger partial charge in [-0.2, -0.15) is 0 Å². The van der Waals surface area contributed by atoms with Crippen molar-refractivity contribution in [1.29, 1.82) is 0 Å². The zero-order valence-electron chi connectivity index (χ0n) is 13.2. The maximum atomic E-state index is 12.2. The van der Waals surface area contributed by atoms with Gasteiger partial charge in [0.05, 0.1) is 29.3 Å². The van der Waals surface area contributed by atoms with Crippen LogP contribution < -0.4 is 5.56 Å². The number of H-pyrrole nitrogens is 1. The van der Waals surface area contributed by atoms with E-state index in [1.807, 2.05) is 0 Å². The van der Waals surface area contributed by atoms with E-state index in [9.17, 15) is 4.79 Å². The Kier molecular flexibility index (Phi) is 4.69. The van der Waals surface area contributed by atoms with E-state index in [0.29, 0.717) is 39.2 Å². The van der Waals surface area contributed by atoms with Gasteiger partial charge in [-0.3, -0.25) is 4.79 Å². The third-order valence-corrected chi connectivity index (χ3v) is 5.16. The predicted molar refractivity (Wildman–Crippen MR) is 93.7 cm³/mol. The van der Waals surface area contributed by atoms with E-state index < -0.39 is 0 Å². The van der Waals surface area contributed by atoms with Crippen LogP contribution in [0, 0.1) is 0 Å². The Hall–Kier alpha value is -1.97. The minimum Gasteiger partial charge on any atom is -0.376 e. The maximum absolute atomic E-state index is 12.2. The molecule has 1 aromatic carbocycles. The number of aromatic nitrogens is 6. The molecule has 1 N–H and O–H groups in total. The molecule has 1 saturated heterocycles. The summed E-state index contributed by atoms with van der Waals surface area (Å²) < 4.78 is 7.35. The molecule has 4 rings (SSSR count). The number of halogens is 1. The van der Waals surface area contributed by atoms with Crippen molar-refractivity contribution in [3.63, 3.8) is 0 Å². The summed E-state index contributed by atoms with van der Waals surface area (Å²) in [6.07, 6.45) is 2.24. The lowest BCUT2D eigenvalue weighted by Gasteiger charge is -2.09. The number of hydrogen-bond donors (Lipinski definition) is 1. The second-order valence-corrected chi connectivity index (χ2v) is 7.12. The Morgan fingerprint density at radius 2 is 2.36 bits per heavy atom. The first kappa shape index (κ1) is 16.5. The Morgan fingerprint density at radius 3 is 3.20 bits per heavy atom. The third-order valence-electron chi connectivity index (χ3n) is 3.96. The van der Waals surface area contributed by atoms with Crippen LogP contribution in [-0.4, -0.2) is 42.9 Å². The number of thioether (sulfide) groups is 1. The Balaban J connectivity index is 1.51. The van der Waals surface area contributed by atoms with Crippen LogP contribution in [0.1, 0.15) is 18.7 Å². The molecule has 0 amide bonds. The monoisotopic (exact) mass is 378 g/mol. The molecule has 1 aliphatic heterocycles. The molecule has 25 heavy (non-hydrogen) atoms. The first-order valence-corrected chi connectivity index (χ1v) is 9.24. The standard InChI is InChI=1S/C15H15ClN6O2S/c16-9-3-4-11-12(6-9)17-13(18-14(11)23)8-25-15-19-20-21-22(15)7-10-2-1-5-24-10/h3-4,6,10H,1-2,5,7-8H2,(H,17,18,23). The smallest absolute Gasteiger partial charge is 0.258 e.